The second-order valence-electron chi connectivity index (χ2n) is 4.16. The molecule has 0 aliphatic rings. The van der Waals surface area contributed by atoms with Gasteiger partial charge in [-0.2, -0.15) is 0 Å². The van der Waals surface area contributed by atoms with Crippen molar-refractivity contribution in [3.8, 4) is 0 Å². The molecular weight excluding hydrogens is 240 g/mol. The van der Waals surface area contributed by atoms with Crippen molar-refractivity contribution in [2.24, 2.45) is 0 Å². The number of aromatic nitrogens is 1. The number of carbonyl (C=O) groups is 1. The maximum Gasteiger partial charge on any atom is 0.339 e. The lowest BCUT2D eigenvalue weighted by atomic mass is 10.1. The molecule has 0 aliphatic heterocycles. The molecule has 0 saturated carbocycles. The number of carbonyl (C=O) groups excluding carboxylic acids is 1. The quantitative estimate of drug-likeness (QED) is 0.854. The van der Waals surface area contributed by atoms with E-state index in [9.17, 15) is 4.79 Å². The average Bonchev–Trinajstić information content (AvgIpc) is 2.48. The number of pyridine rings is 1. The van der Waals surface area contributed by atoms with E-state index in [2.05, 4.69) is 10.3 Å². The fourth-order valence-electron chi connectivity index (χ4n) is 1.84. The van der Waals surface area contributed by atoms with Gasteiger partial charge in [0.25, 0.3) is 0 Å². The van der Waals surface area contributed by atoms with E-state index in [0.717, 1.165) is 11.4 Å². The third-order valence-electron chi connectivity index (χ3n) is 2.84. The van der Waals surface area contributed by atoms with Crippen molar-refractivity contribution in [2.45, 2.75) is 13.0 Å². The van der Waals surface area contributed by atoms with E-state index < -0.39 is 0 Å². The molecule has 1 aromatic heterocycles. The van der Waals surface area contributed by atoms with Crippen LogP contribution in [0.2, 0.25) is 0 Å². The zero-order valence-corrected chi connectivity index (χ0v) is 11.0. The SMILES string of the molecule is COC(=O)c1ccccc1NC(C)c1ccccn1. The molecule has 0 saturated heterocycles. The highest BCUT2D eigenvalue weighted by atomic mass is 16.5. The van der Waals surface area contributed by atoms with Crippen molar-refractivity contribution in [3.05, 3.63) is 59.9 Å². The summed E-state index contributed by atoms with van der Waals surface area (Å²) in [6, 6.07) is 13.0. The summed E-state index contributed by atoms with van der Waals surface area (Å²) in [6.07, 6.45) is 1.75. The maximum atomic E-state index is 11.7. The number of nitrogens with zero attached hydrogens (tertiary/aromatic N) is 1. The van der Waals surface area contributed by atoms with Crippen LogP contribution in [0.25, 0.3) is 0 Å². The van der Waals surface area contributed by atoms with Gasteiger partial charge in [0, 0.05) is 11.9 Å². The van der Waals surface area contributed by atoms with Crippen molar-refractivity contribution in [1.82, 2.24) is 4.98 Å². The van der Waals surface area contributed by atoms with E-state index in [4.69, 9.17) is 4.74 Å². The van der Waals surface area contributed by atoms with Crippen molar-refractivity contribution < 1.29 is 9.53 Å². The molecule has 0 aliphatic carbocycles. The van der Waals surface area contributed by atoms with E-state index >= 15 is 0 Å². The lowest BCUT2D eigenvalue weighted by molar-refractivity contribution is 0.0602. The van der Waals surface area contributed by atoms with E-state index in [1.54, 1.807) is 12.3 Å². The Hall–Kier alpha value is -2.36. The van der Waals surface area contributed by atoms with Crippen molar-refractivity contribution >= 4 is 11.7 Å². The van der Waals surface area contributed by atoms with Crippen LogP contribution < -0.4 is 5.32 Å². The van der Waals surface area contributed by atoms with Gasteiger partial charge in [-0.05, 0) is 31.2 Å². The molecule has 4 heteroatoms. The normalized spacial score (nSPS) is 11.7. The number of benzene rings is 1. The van der Waals surface area contributed by atoms with Gasteiger partial charge in [0.15, 0.2) is 0 Å². The molecule has 2 aromatic rings. The van der Waals surface area contributed by atoms with Crippen LogP contribution in [0.3, 0.4) is 0 Å². The predicted octanol–water partition coefficient (Wildman–Crippen LogP) is 3.04. The summed E-state index contributed by atoms with van der Waals surface area (Å²) in [4.78, 5) is 16.0. The molecule has 0 bridgehead atoms. The lowest BCUT2D eigenvalue weighted by Crippen LogP contribution is -2.12. The molecule has 2 rings (SSSR count). The van der Waals surface area contributed by atoms with Crippen LogP contribution in [0.4, 0.5) is 5.69 Å². The van der Waals surface area contributed by atoms with Crippen molar-refractivity contribution in [3.63, 3.8) is 0 Å². The second-order valence-corrected chi connectivity index (χ2v) is 4.16. The Bertz CT molecular complexity index is 555. The molecule has 19 heavy (non-hydrogen) atoms. The highest BCUT2D eigenvalue weighted by Crippen LogP contribution is 2.21. The third-order valence-corrected chi connectivity index (χ3v) is 2.84. The van der Waals surface area contributed by atoms with Crippen LogP contribution >= 0.6 is 0 Å². The minimum Gasteiger partial charge on any atom is -0.465 e. The number of hydrogen-bond acceptors (Lipinski definition) is 4. The molecule has 1 aromatic carbocycles. The summed E-state index contributed by atoms with van der Waals surface area (Å²) in [7, 11) is 1.38. The number of methoxy groups -OCH3 is 1. The van der Waals surface area contributed by atoms with E-state index in [0.29, 0.717) is 5.56 Å². The minimum absolute atomic E-state index is 0.00649. The zero-order valence-electron chi connectivity index (χ0n) is 11.0. The number of esters is 1. The summed E-state index contributed by atoms with van der Waals surface area (Å²) >= 11 is 0. The highest BCUT2D eigenvalue weighted by molar-refractivity contribution is 5.95. The van der Waals surface area contributed by atoms with Crippen molar-refractivity contribution in [1.29, 1.82) is 0 Å². The molecule has 1 N–H and O–H groups in total. The van der Waals surface area contributed by atoms with Crippen LogP contribution in [-0.2, 0) is 4.74 Å². The number of ether oxygens (including phenoxy) is 1. The van der Waals surface area contributed by atoms with Crippen LogP contribution in [0.1, 0.15) is 29.0 Å². The standard InChI is InChI=1S/C15H16N2O2/c1-11(13-8-5-6-10-16-13)17-14-9-4-3-7-12(14)15(18)19-2/h3-11,17H,1-2H3. The predicted molar refractivity (Wildman–Crippen MR) is 74.1 cm³/mol. The Balaban J connectivity index is 2.22. The summed E-state index contributed by atoms with van der Waals surface area (Å²) < 4.78 is 4.77. The van der Waals surface area contributed by atoms with Gasteiger partial charge < -0.3 is 10.1 Å². The summed E-state index contributed by atoms with van der Waals surface area (Å²) in [5.41, 5.74) is 2.18. The number of hydrogen-bond donors (Lipinski definition) is 1. The number of nitrogens with one attached hydrogen (secondary N) is 1. The largest absolute Gasteiger partial charge is 0.465 e. The second kappa shape index (κ2) is 6.00. The van der Waals surface area contributed by atoms with Gasteiger partial charge >= 0.3 is 5.97 Å². The Morgan fingerprint density at radius 2 is 1.95 bits per heavy atom. The Labute approximate surface area is 112 Å². The van der Waals surface area contributed by atoms with Gasteiger partial charge in [0.1, 0.15) is 0 Å². The molecule has 4 nitrogen and oxygen atoms in total. The molecule has 0 fully saturated rings. The molecule has 98 valence electrons. The third kappa shape index (κ3) is 3.10. The van der Waals surface area contributed by atoms with Gasteiger partial charge in [-0.15, -0.1) is 0 Å². The van der Waals surface area contributed by atoms with Crippen molar-refractivity contribution in [2.75, 3.05) is 12.4 Å². The van der Waals surface area contributed by atoms with Gasteiger partial charge in [0.05, 0.1) is 24.4 Å². The summed E-state index contributed by atoms with van der Waals surface area (Å²) in [6.45, 7) is 2.00. The van der Waals surface area contributed by atoms with E-state index in [-0.39, 0.29) is 12.0 Å². The fraction of sp³-hybridized carbons (Fsp3) is 0.200. The minimum atomic E-state index is -0.351. The molecule has 1 heterocycles. The summed E-state index contributed by atoms with van der Waals surface area (Å²) in [5.74, 6) is -0.351. The smallest absolute Gasteiger partial charge is 0.339 e. The van der Waals surface area contributed by atoms with Gasteiger partial charge in [-0.1, -0.05) is 18.2 Å². The Morgan fingerprint density at radius 3 is 2.63 bits per heavy atom. The highest BCUT2D eigenvalue weighted by Gasteiger charge is 2.13. The van der Waals surface area contributed by atoms with Gasteiger partial charge in [-0.3, -0.25) is 4.98 Å². The Kier molecular flexibility index (Phi) is 4.13. The first-order valence-corrected chi connectivity index (χ1v) is 6.07. The fourth-order valence-corrected chi connectivity index (χ4v) is 1.84. The van der Waals surface area contributed by atoms with E-state index in [1.807, 2.05) is 43.3 Å². The molecular formula is C15H16N2O2. The van der Waals surface area contributed by atoms with Gasteiger partial charge in [0.2, 0.25) is 0 Å². The van der Waals surface area contributed by atoms with Crippen LogP contribution in [0, 0.1) is 0 Å². The number of rotatable bonds is 4. The van der Waals surface area contributed by atoms with Crippen LogP contribution in [0.15, 0.2) is 48.7 Å². The molecule has 1 unspecified atom stereocenters. The van der Waals surface area contributed by atoms with Crippen LogP contribution in [-0.4, -0.2) is 18.1 Å². The average molecular weight is 256 g/mol. The topological polar surface area (TPSA) is 51.2 Å². The first-order valence-electron chi connectivity index (χ1n) is 6.07. The molecule has 1 atom stereocenters. The number of para-hydroxylation sites is 1. The maximum absolute atomic E-state index is 11.7. The van der Waals surface area contributed by atoms with E-state index in [1.165, 1.54) is 7.11 Å². The summed E-state index contributed by atoms with van der Waals surface area (Å²) in [5, 5.41) is 3.28. The first-order chi connectivity index (χ1) is 9.22. The Morgan fingerprint density at radius 1 is 1.21 bits per heavy atom. The first kappa shape index (κ1) is 13.1. The lowest BCUT2D eigenvalue weighted by Gasteiger charge is -2.16. The monoisotopic (exact) mass is 256 g/mol. The number of anilines is 1. The molecule has 0 spiro atoms. The van der Waals surface area contributed by atoms with Crippen LogP contribution in [0.5, 0.6) is 0 Å². The van der Waals surface area contributed by atoms with Gasteiger partial charge in [-0.25, -0.2) is 4.79 Å². The zero-order chi connectivity index (χ0) is 13.7. The molecule has 0 amide bonds. The molecule has 0 radical (unpaired) electrons.